The third-order valence-electron chi connectivity index (χ3n) is 8.50. The van der Waals surface area contributed by atoms with Crippen molar-refractivity contribution in [2.24, 2.45) is 34.5 Å². The van der Waals surface area contributed by atoms with Gasteiger partial charge < -0.3 is 14.9 Å². The lowest BCUT2D eigenvalue weighted by Crippen LogP contribution is -2.57. The van der Waals surface area contributed by atoms with E-state index in [0.717, 1.165) is 25.7 Å². The largest absolute Gasteiger partial charge is 0.393 e. The van der Waals surface area contributed by atoms with E-state index in [-0.39, 0.29) is 28.4 Å². The highest BCUT2D eigenvalue weighted by molar-refractivity contribution is 6.01. The van der Waals surface area contributed by atoms with Crippen LogP contribution in [-0.2, 0) is 9.53 Å². The van der Waals surface area contributed by atoms with Gasteiger partial charge in [0.05, 0.1) is 12.7 Å². The Bertz CT molecular complexity index is 692. The van der Waals surface area contributed by atoms with Crippen molar-refractivity contribution in [3.63, 3.8) is 0 Å². The second-order valence-corrected chi connectivity index (χ2v) is 9.50. The smallest absolute Gasteiger partial charge is 0.178 e. The van der Waals surface area contributed by atoms with Gasteiger partial charge in [0.15, 0.2) is 11.6 Å². The maximum Gasteiger partial charge on any atom is 0.178 e. The first-order chi connectivity index (χ1) is 11.8. The van der Waals surface area contributed by atoms with Gasteiger partial charge in [0, 0.05) is 22.7 Å². The van der Waals surface area contributed by atoms with Crippen LogP contribution >= 0.6 is 0 Å². The Morgan fingerprint density at radius 1 is 1.24 bits per heavy atom. The molecule has 4 aliphatic carbocycles. The molecule has 0 amide bonds. The summed E-state index contributed by atoms with van der Waals surface area (Å²) in [5.74, 6) is 0.261. The maximum absolute atomic E-state index is 11.8. The van der Waals surface area contributed by atoms with Crippen LogP contribution in [0, 0.1) is 34.5 Å². The van der Waals surface area contributed by atoms with Gasteiger partial charge in [0.2, 0.25) is 0 Å². The summed E-state index contributed by atoms with van der Waals surface area (Å²) in [7, 11) is 0. The van der Waals surface area contributed by atoms with Gasteiger partial charge in [-0.15, -0.1) is 0 Å². The average Bonchev–Trinajstić information content (AvgIpc) is 3.04. The summed E-state index contributed by atoms with van der Waals surface area (Å²) in [6.45, 7) is 4.57. The molecule has 4 fully saturated rings. The molecular weight excluding hydrogens is 316 g/mol. The van der Waals surface area contributed by atoms with Crippen LogP contribution in [0.15, 0.2) is 23.8 Å². The van der Waals surface area contributed by atoms with E-state index in [1.54, 1.807) is 19.1 Å². The number of aliphatic hydroxyl groups is 2. The van der Waals surface area contributed by atoms with Crippen molar-refractivity contribution in [2.45, 2.75) is 57.8 Å². The Labute approximate surface area is 148 Å². The first-order valence-corrected chi connectivity index (χ1v) is 9.77. The van der Waals surface area contributed by atoms with Crippen molar-refractivity contribution in [3.8, 4) is 0 Å². The Morgan fingerprint density at radius 2 is 2.04 bits per heavy atom. The lowest BCUT2D eigenvalue weighted by Gasteiger charge is -2.58. The lowest BCUT2D eigenvalue weighted by atomic mass is 9.46. The number of fused-ring (bicyclic) bond motifs is 4. The summed E-state index contributed by atoms with van der Waals surface area (Å²) in [6.07, 6.45) is 9.92. The number of aliphatic hydroxyl groups excluding tert-OH is 1. The van der Waals surface area contributed by atoms with Crippen molar-refractivity contribution in [3.05, 3.63) is 23.8 Å². The van der Waals surface area contributed by atoms with Crippen molar-refractivity contribution in [1.82, 2.24) is 0 Å². The van der Waals surface area contributed by atoms with E-state index in [1.807, 2.05) is 0 Å². The molecule has 2 N–H and O–H groups in total. The van der Waals surface area contributed by atoms with Gasteiger partial charge in [-0.1, -0.05) is 18.6 Å². The molecule has 1 saturated heterocycles. The van der Waals surface area contributed by atoms with Crippen LogP contribution in [0.2, 0.25) is 0 Å². The average molecular weight is 344 g/mol. The molecule has 136 valence electrons. The zero-order chi connectivity index (χ0) is 17.6. The van der Waals surface area contributed by atoms with Gasteiger partial charge in [0.25, 0.3) is 0 Å². The van der Waals surface area contributed by atoms with Gasteiger partial charge in [-0.05, 0) is 63.0 Å². The third-order valence-corrected chi connectivity index (χ3v) is 8.50. The molecule has 4 heteroatoms. The molecule has 1 unspecified atom stereocenters. The molecule has 1 spiro atoms. The maximum atomic E-state index is 11.8. The molecule has 5 aliphatic rings. The molecule has 0 aromatic heterocycles. The number of carbonyl (C=O) groups is 1. The van der Waals surface area contributed by atoms with E-state index in [2.05, 4.69) is 13.0 Å². The van der Waals surface area contributed by atoms with Gasteiger partial charge in [-0.25, -0.2) is 0 Å². The number of ether oxygens (including phenoxy) is 1. The highest BCUT2D eigenvalue weighted by Gasteiger charge is 2.68. The molecule has 1 heterocycles. The molecule has 0 aromatic carbocycles. The van der Waals surface area contributed by atoms with Gasteiger partial charge in [-0.3, -0.25) is 4.79 Å². The van der Waals surface area contributed by atoms with Gasteiger partial charge in [-0.2, -0.15) is 0 Å². The van der Waals surface area contributed by atoms with Crippen LogP contribution in [0.25, 0.3) is 0 Å². The SMILES string of the molecule is CC1(O)OC[C@]23C[C@@H](O)[C@H]4[C@@H](CCC5=CC(=O)C=C[C@@]54C)[C@@H]2CC[C@H]13. The zero-order valence-electron chi connectivity index (χ0n) is 15.1. The summed E-state index contributed by atoms with van der Waals surface area (Å²) >= 11 is 0. The Morgan fingerprint density at radius 3 is 2.84 bits per heavy atom. The minimum absolute atomic E-state index is 0.0736. The monoisotopic (exact) mass is 344 g/mol. The predicted octanol–water partition coefficient (Wildman–Crippen LogP) is 2.60. The van der Waals surface area contributed by atoms with E-state index in [0.29, 0.717) is 24.9 Å². The van der Waals surface area contributed by atoms with E-state index in [9.17, 15) is 15.0 Å². The van der Waals surface area contributed by atoms with Crippen molar-refractivity contribution >= 4 is 5.78 Å². The van der Waals surface area contributed by atoms with E-state index in [1.165, 1.54) is 5.57 Å². The van der Waals surface area contributed by atoms with Crippen LogP contribution < -0.4 is 0 Å². The second kappa shape index (κ2) is 4.85. The fraction of sp³-hybridized carbons (Fsp3) is 0.762. The van der Waals surface area contributed by atoms with Crippen molar-refractivity contribution < 1.29 is 19.7 Å². The minimum atomic E-state index is -1.05. The minimum Gasteiger partial charge on any atom is -0.393 e. The third kappa shape index (κ3) is 1.91. The molecule has 5 rings (SSSR count). The standard InChI is InChI=1S/C21H28O4/c1-19-8-7-13(22)9-12(19)3-4-14-15-5-6-17-20(2,24)25-11-21(15,17)10-16(23)18(14)19/h7-9,14-18,23-24H,3-6,10-11H2,1-2H3/t14-,15-,16+,17+,18+,19-,20?,21+/m0/s1. The van der Waals surface area contributed by atoms with Crippen LogP contribution in [0.1, 0.15) is 46.0 Å². The van der Waals surface area contributed by atoms with Gasteiger partial charge >= 0.3 is 0 Å². The van der Waals surface area contributed by atoms with Crippen LogP contribution in [-0.4, -0.2) is 34.5 Å². The summed E-state index contributed by atoms with van der Waals surface area (Å²) in [6, 6.07) is 0. The molecule has 1 aliphatic heterocycles. The topological polar surface area (TPSA) is 66.8 Å². The molecule has 25 heavy (non-hydrogen) atoms. The summed E-state index contributed by atoms with van der Waals surface area (Å²) in [5, 5.41) is 21.9. The van der Waals surface area contributed by atoms with Crippen LogP contribution in [0.3, 0.4) is 0 Å². The Kier molecular flexibility index (Phi) is 3.14. The van der Waals surface area contributed by atoms with Gasteiger partial charge in [0.1, 0.15) is 0 Å². The predicted molar refractivity (Wildman–Crippen MR) is 92.4 cm³/mol. The Hall–Kier alpha value is -0.970. The summed E-state index contributed by atoms with van der Waals surface area (Å²) in [5.41, 5.74) is 0.911. The molecule has 0 aromatic rings. The van der Waals surface area contributed by atoms with Crippen molar-refractivity contribution in [1.29, 1.82) is 0 Å². The first kappa shape index (κ1) is 16.2. The lowest BCUT2D eigenvalue weighted by molar-refractivity contribution is -0.180. The fourth-order valence-electron chi connectivity index (χ4n) is 7.57. The number of hydrogen-bond donors (Lipinski definition) is 2. The fourth-order valence-corrected chi connectivity index (χ4v) is 7.57. The van der Waals surface area contributed by atoms with Crippen molar-refractivity contribution in [2.75, 3.05) is 6.61 Å². The molecule has 3 saturated carbocycles. The van der Waals surface area contributed by atoms with E-state index in [4.69, 9.17) is 4.74 Å². The van der Waals surface area contributed by atoms with Crippen LogP contribution in [0.4, 0.5) is 0 Å². The number of allylic oxidation sites excluding steroid dienone is 4. The second-order valence-electron chi connectivity index (χ2n) is 9.50. The van der Waals surface area contributed by atoms with E-state index >= 15 is 0 Å². The highest BCUT2D eigenvalue weighted by Crippen LogP contribution is 2.69. The number of ketones is 1. The zero-order valence-corrected chi connectivity index (χ0v) is 15.1. The molecule has 8 atom stereocenters. The number of hydrogen-bond acceptors (Lipinski definition) is 4. The first-order valence-electron chi connectivity index (χ1n) is 9.77. The Balaban J connectivity index is 1.56. The molecule has 0 radical (unpaired) electrons. The normalized spacial score (nSPS) is 56.7. The molecular formula is C21H28O4. The highest BCUT2D eigenvalue weighted by atomic mass is 16.6. The van der Waals surface area contributed by atoms with Crippen LogP contribution in [0.5, 0.6) is 0 Å². The molecule has 0 bridgehead atoms. The quantitative estimate of drug-likeness (QED) is 0.709. The molecule has 4 nitrogen and oxygen atoms in total. The summed E-state index contributed by atoms with van der Waals surface area (Å²) < 4.78 is 5.82. The summed E-state index contributed by atoms with van der Waals surface area (Å²) in [4.78, 5) is 11.8. The van der Waals surface area contributed by atoms with E-state index < -0.39 is 11.9 Å². The number of carbonyl (C=O) groups excluding carboxylic acids is 1. The number of rotatable bonds is 0.